The van der Waals surface area contributed by atoms with Gasteiger partial charge in [-0.05, 0) is 30.8 Å². The minimum Gasteiger partial charge on any atom is -0.481 e. The first-order valence-electron chi connectivity index (χ1n) is 10.2. The molecule has 0 aliphatic carbocycles. The molecule has 0 rings (SSSR count). The van der Waals surface area contributed by atoms with E-state index in [0.29, 0.717) is 5.75 Å². The van der Waals surface area contributed by atoms with Crippen LogP contribution in [0.25, 0.3) is 0 Å². The molecule has 0 radical (unpaired) electrons. The Labute approximate surface area is 195 Å². The fourth-order valence-electron chi connectivity index (χ4n) is 2.67. The van der Waals surface area contributed by atoms with Gasteiger partial charge >= 0.3 is 11.9 Å². The van der Waals surface area contributed by atoms with Gasteiger partial charge < -0.3 is 37.6 Å². The summed E-state index contributed by atoms with van der Waals surface area (Å²) in [4.78, 5) is 71.0. The minimum atomic E-state index is -1.37. The third-order valence-corrected chi connectivity index (χ3v) is 5.15. The number of carbonyl (C=O) groups excluding carboxylic acids is 4. The van der Waals surface area contributed by atoms with Crippen molar-refractivity contribution in [3.8, 4) is 0 Å². The van der Waals surface area contributed by atoms with E-state index in [2.05, 4.69) is 16.0 Å². The van der Waals surface area contributed by atoms with Crippen LogP contribution in [0.2, 0.25) is 0 Å². The summed E-state index contributed by atoms with van der Waals surface area (Å²) in [5.41, 5.74) is 10.6. The number of amides is 4. The number of carbonyl (C=O) groups is 6. The molecule has 9 N–H and O–H groups in total. The quantitative estimate of drug-likeness (QED) is 0.125. The van der Waals surface area contributed by atoms with Gasteiger partial charge in [0, 0.05) is 6.42 Å². The highest BCUT2D eigenvalue weighted by Gasteiger charge is 2.32. The van der Waals surface area contributed by atoms with Gasteiger partial charge in [-0.2, -0.15) is 11.8 Å². The molecule has 0 aromatic heterocycles. The molecule has 0 aromatic rings. The van der Waals surface area contributed by atoms with Crippen molar-refractivity contribution in [3.05, 3.63) is 0 Å². The van der Waals surface area contributed by atoms with E-state index in [1.165, 1.54) is 11.8 Å². The second kappa shape index (κ2) is 15.1. The van der Waals surface area contributed by atoms with Crippen molar-refractivity contribution < 1.29 is 39.0 Å². The summed E-state index contributed by atoms with van der Waals surface area (Å²) in [7, 11) is 0. The number of rotatable bonds is 16. The molecule has 0 aliphatic heterocycles. The summed E-state index contributed by atoms with van der Waals surface area (Å²) in [6.07, 6.45) is 0.698. The number of hydrogen-bond donors (Lipinski definition) is 7. The van der Waals surface area contributed by atoms with Gasteiger partial charge in [-0.15, -0.1) is 0 Å². The lowest BCUT2D eigenvalue weighted by molar-refractivity contribution is -0.142. The maximum absolute atomic E-state index is 12.8. The summed E-state index contributed by atoms with van der Waals surface area (Å²) in [5, 5.41) is 25.3. The van der Waals surface area contributed by atoms with Crippen LogP contribution in [0.4, 0.5) is 0 Å². The van der Waals surface area contributed by atoms with Crippen molar-refractivity contribution in [1.82, 2.24) is 16.0 Å². The Morgan fingerprint density at radius 2 is 1.45 bits per heavy atom. The Morgan fingerprint density at radius 1 is 0.879 bits per heavy atom. The first-order valence-corrected chi connectivity index (χ1v) is 11.6. The van der Waals surface area contributed by atoms with Gasteiger partial charge in [-0.3, -0.25) is 24.0 Å². The number of primary amides is 1. The smallest absolute Gasteiger partial charge is 0.326 e. The van der Waals surface area contributed by atoms with E-state index in [9.17, 15) is 33.9 Å². The number of carboxylic acids is 2. The highest BCUT2D eigenvalue weighted by atomic mass is 32.2. The van der Waals surface area contributed by atoms with E-state index < -0.39 is 78.5 Å². The lowest BCUT2D eigenvalue weighted by Gasteiger charge is -2.27. The van der Waals surface area contributed by atoms with Gasteiger partial charge in [0.2, 0.25) is 23.6 Å². The number of thioether (sulfide) groups is 1. The van der Waals surface area contributed by atoms with E-state index in [0.717, 1.165) is 0 Å². The first-order chi connectivity index (χ1) is 15.3. The molecule has 0 spiro atoms. The highest BCUT2D eigenvalue weighted by molar-refractivity contribution is 7.98. The molecule has 0 bridgehead atoms. The molecule has 0 heterocycles. The van der Waals surface area contributed by atoms with E-state index in [1.54, 1.807) is 20.1 Å². The van der Waals surface area contributed by atoms with Gasteiger partial charge in [0.05, 0.1) is 12.5 Å². The van der Waals surface area contributed by atoms with Gasteiger partial charge in [0.15, 0.2) is 0 Å². The monoisotopic (exact) mass is 491 g/mol. The van der Waals surface area contributed by atoms with Gasteiger partial charge in [-0.1, -0.05) is 13.8 Å². The van der Waals surface area contributed by atoms with Crippen LogP contribution in [0.3, 0.4) is 0 Å². The Kier molecular flexibility index (Phi) is 13.7. The molecule has 0 aliphatic rings. The van der Waals surface area contributed by atoms with Gasteiger partial charge in [0.25, 0.3) is 0 Å². The van der Waals surface area contributed by atoms with Crippen molar-refractivity contribution in [1.29, 1.82) is 0 Å². The van der Waals surface area contributed by atoms with Crippen LogP contribution >= 0.6 is 11.8 Å². The van der Waals surface area contributed by atoms with Crippen LogP contribution < -0.4 is 27.4 Å². The summed E-state index contributed by atoms with van der Waals surface area (Å²) in [6, 6.07) is -5.03. The van der Waals surface area contributed by atoms with Crippen molar-refractivity contribution in [3.63, 3.8) is 0 Å². The number of carboxylic acid groups (broad SMARTS) is 2. The van der Waals surface area contributed by atoms with Crippen LogP contribution in [0.1, 0.15) is 39.5 Å². The minimum absolute atomic E-state index is 0.177. The predicted molar refractivity (Wildman–Crippen MR) is 120 cm³/mol. The fraction of sp³-hybridized carbons (Fsp3) is 0.684. The maximum Gasteiger partial charge on any atom is 0.326 e. The average molecular weight is 492 g/mol. The molecule has 0 fully saturated rings. The van der Waals surface area contributed by atoms with Crippen LogP contribution in [-0.4, -0.2) is 82.0 Å². The third kappa shape index (κ3) is 12.1. The van der Waals surface area contributed by atoms with Crippen molar-refractivity contribution in [2.45, 2.75) is 63.7 Å². The second-order valence-corrected chi connectivity index (χ2v) is 8.67. The topological polar surface area (TPSA) is 231 Å². The number of aliphatic carboxylic acids is 2. The molecule has 4 atom stereocenters. The summed E-state index contributed by atoms with van der Waals surface area (Å²) in [6.45, 7) is 3.24. The molecule has 188 valence electrons. The Morgan fingerprint density at radius 3 is 1.91 bits per heavy atom. The molecule has 33 heavy (non-hydrogen) atoms. The second-order valence-electron chi connectivity index (χ2n) is 7.68. The molecule has 4 amide bonds. The lowest BCUT2D eigenvalue weighted by atomic mass is 10.0. The number of nitrogens with two attached hydrogens (primary N) is 2. The fourth-order valence-corrected chi connectivity index (χ4v) is 3.14. The van der Waals surface area contributed by atoms with E-state index in [4.69, 9.17) is 16.6 Å². The largest absolute Gasteiger partial charge is 0.481 e. The molecular formula is C19H33N5O8S. The van der Waals surface area contributed by atoms with E-state index >= 15 is 0 Å². The van der Waals surface area contributed by atoms with Crippen molar-refractivity contribution >= 4 is 47.3 Å². The molecule has 13 nitrogen and oxygen atoms in total. The Balaban J connectivity index is 5.45. The van der Waals surface area contributed by atoms with Crippen LogP contribution in [0.15, 0.2) is 0 Å². The highest BCUT2D eigenvalue weighted by Crippen LogP contribution is 2.08. The SMILES string of the molecule is CSCCC(NC(=O)C(NC(=O)C(CCC(=O)O)NC(=O)C(N)CC(N)=O)C(C)C)C(=O)O. The molecule has 0 aromatic carbocycles. The zero-order valence-electron chi connectivity index (χ0n) is 18.8. The van der Waals surface area contributed by atoms with Crippen molar-refractivity contribution in [2.75, 3.05) is 12.0 Å². The number of nitrogens with one attached hydrogen (secondary N) is 3. The molecular weight excluding hydrogens is 458 g/mol. The normalized spacial score (nSPS) is 14.5. The standard InChI is InChI=1S/C19H33N5O8S/c1-9(2)15(18(30)23-12(19(31)32)6-7-33-3)24-17(29)11(4-5-14(26)27)22-16(28)10(20)8-13(21)25/h9-12,15H,4-8,20H2,1-3H3,(H2,21,25)(H,22,28)(H,23,30)(H,24,29)(H,26,27)(H,31,32). The summed E-state index contributed by atoms with van der Waals surface area (Å²) in [5.74, 6) is -5.74. The zero-order chi connectivity index (χ0) is 25.7. The molecule has 0 saturated carbocycles. The molecule has 14 heteroatoms. The van der Waals surface area contributed by atoms with Gasteiger partial charge in [0.1, 0.15) is 18.1 Å². The Bertz CT molecular complexity index is 733. The maximum atomic E-state index is 12.8. The van der Waals surface area contributed by atoms with Crippen LogP contribution in [-0.2, 0) is 28.8 Å². The summed E-state index contributed by atoms with van der Waals surface area (Å²) >= 11 is 1.41. The third-order valence-electron chi connectivity index (χ3n) is 4.51. The first kappa shape index (κ1) is 30.1. The summed E-state index contributed by atoms with van der Waals surface area (Å²) < 4.78 is 0. The predicted octanol–water partition coefficient (Wildman–Crippen LogP) is -2.00. The van der Waals surface area contributed by atoms with E-state index in [1.807, 2.05) is 0 Å². The average Bonchev–Trinajstić information content (AvgIpc) is 2.70. The zero-order valence-corrected chi connectivity index (χ0v) is 19.6. The number of hydrogen-bond acceptors (Lipinski definition) is 8. The van der Waals surface area contributed by atoms with Crippen molar-refractivity contribution in [2.24, 2.45) is 17.4 Å². The van der Waals surface area contributed by atoms with Crippen LogP contribution in [0, 0.1) is 5.92 Å². The van der Waals surface area contributed by atoms with Crippen LogP contribution in [0.5, 0.6) is 0 Å². The lowest BCUT2D eigenvalue weighted by Crippen LogP contribution is -2.58. The van der Waals surface area contributed by atoms with E-state index in [-0.39, 0.29) is 12.8 Å². The van der Waals surface area contributed by atoms with Gasteiger partial charge in [-0.25, -0.2) is 4.79 Å². The molecule has 4 unspecified atom stereocenters. The Hall–Kier alpha value is -2.87. The molecule has 0 saturated heterocycles.